The molecule has 1 aliphatic carbocycles. The molecule has 1 aromatic heterocycles. The summed E-state index contributed by atoms with van der Waals surface area (Å²) in [5, 5.41) is 12.8. The zero-order valence-corrected chi connectivity index (χ0v) is 9.06. The maximum atomic E-state index is 9.66. The van der Waals surface area contributed by atoms with Gasteiger partial charge >= 0.3 is 0 Å². The Bertz CT molecular complexity index is 346. The van der Waals surface area contributed by atoms with Crippen LogP contribution in [0.4, 0.5) is 11.6 Å². The van der Waals surface area contributed by atoms with E-state index >= 15 is 0 Å². The lowest BCUT2D eigenvalue weighted by atomic mass is 10.1. The number of nitrogens with zero attached hydrogens (tertiary/aromatic N) is 2. The Morgan fingerprint density at radius 1 is 1.38 bits per heavy atom. The Morgan fingerprint density at radius 3 is 2.88 bits per heavy atom. The van der Waals surface area contributed by atoms with Gasteiger partial charge in [-0.3, -0.25) is 0 Å². The third-order valence-corrected chi connectivity index (χ3v) is 2.98. The smallest absolute Gasteiger partial charge is 0.145 e. The van der Waals surface area contributed by atoms with Crippen molar-refractivity contribution in [1.82, 2.24) is 9.97 Å². The van der Waals surface area contributed by atoms with Gasteiger partial charge in [0.25, 0.3) is 0 Å². The minimum atomic E-state index is -0.179. The van der Waals surface area contributed by atoms with Gasteiger partial charge < -0.3 is 15.8 Å². The Morgan fingerprint density at radius 2 is 2.19 bits per heavy atom. The highest BCUT2D eigenvalue weighted by Gasteiger charge is 2.24. The Balaban J connectivity index is 1.88. The van der Waals surface area contributed by atoms with Crippen LogP contribution in [0.5, 0.6) is 0 Å². The van der Waals surface area contributed by atoms with E-state index in [9.17, 15) is 5.11 Å². The average molecular weight is 223 g/mol. The topological polar surface area (TPSA) is 96.1 Å². The van der Waals surface area contributed by atoms with Crippen molar-refractivity contribution in [3.8, 4) is 0 Å². The van der Waals surface area contributed by atoms with Gasteiger partial charge in [-0.05, 0) is 12.8 Å². The molecule has 2 rings (SSSR count). The summed E-state index contributed by atoms with van der Waals surface area (Å²) in [5.41, 5.74) is 2.46. The number of hydrogen-bond donors (Lipinski definition) is 4. The molecule has 6 nitrogen and oxygen atoms in total. The second-order valence-corrected chi connectivity index (χ2v) is 4.07. The molecule has 88 valence electrons. The predicted octanol–water partition coefficient (Wildman–Crippen LogP) is 0.335. The molecule has 2 unspecified atom stereocenters. The summed E-state index contributed by atoms with van der Waals surface area (Å²) < 4.78 is 0. The lowest BCUT2D eigenvalue weighted by Crippen LogP contribution is -2.22. The summed E-state index contributed by atoms with van der Waals surface area (Å²) in [7, 11) is 0. The molecule has 0 aromatic carbocycles. The fourth-order valence-electron chi connectivity index (χ4n) is 2.02. The first-order chi connectivity index (χ1) is 7.79. The number of anilines is 2. The minimum absolute atomic E-state index is 0.179. The van der Waals surface area contributed by atoms with Gasteiger partial charge in [0.15, 0.2) is 0 Å². The second-order valence-electron chi connectivity index (χ2n) is 4.07. The zero-order chi connectivity index (χ0) is 11.4. The lowest BCUT2D eigenvalue weighted by molar-refractivity contribution is 0.138. The molecule has 0 amide bonds. The normalized spacial score (nSPS) is 24.4. The van der Waals surface area contributed by atoms with E-state index in [1.165, 1.54) is 6.33 Å². The van der Waals surface area contributed by atoms with Crippen LogP contribution in [0.2, 0.25) is 0 Å². The van der Waals surface area contributed by atoms with Gasteiger partial charge in [0, 0.05) is 18.5 Å². The third-order valence-electron chi connectivity index (χ3n) is 2.98. The minimum Gasteiger partial charge on any atom is -0.393 e. The quantitative estimate of drug-likeness (QED) is 0.434. The molecule has 1 heterocycles. The summed E-state index contributed by atoms with van der Waals surface area (Å²) in [5.74, 6) is 6.87. The second kappa shape index (κ2) is 5.09. The van der Waals surface area contributed by atoms with E-state index < -0.39 is 0 Å². The van der Waals surface area contributed by atoms with E-state index in [1.54, 1.807) is 6.07 Å². The number of rotatable bonds is 4. The van der Waals surface area contributed by atoms with Crippen molar-refractivity contribution in [3.05, 3.63) is 12.4 Å². The fraction of sp³-hybridized carbons (Fsp3) is 0.600. The maximum Gasteiger partial charge on any atom is 0.145 e. The molecule has 0 radical (unpaired) electrons. The van der Waals surface area contributed by atoms with Gasteiger partial charge in [0.05, 0.1) is 6.10 Å². The van der Waals surface area contributed by atoms with Crippen LogP contribution < -0.4 is 16.6 Å². The Kier molecular flexibility index (Phi) is 3.53. The molecule has 1 saturated carbocycles. The summed E-state index contributed by atoms with van der Waals surface area (Å²) in [6, 6.07) is 1.74. The van der Waals surface area contributed by atoms with E-state index in [0.717, 1.165) is 31.6 Å². The van der Waals surface area contributed by atoms with Crippen molar-refractivity contribution in [2.24, 2.45) is 11.8 Å². The molecule has 1 fully saturated rings. The number of aromatic nitrogens is 2. The van der Waals surface area contributed by atoms with Crippen molar-refractivity contribution in [2.75, 3.05) is 17.3 Å². The summed E-state index contributed by atoms with van der Waals surface area (Å²) in [6.07, 6.45) is 4.35. The largest absolute Gasteiger partial charge is 0.393 e. The number of hydrazine groups is 1. The fourth-order valence-corrected chi connectivity index (χ4v) is 2.02. The zero-order valence-electron chi connectivity index (χ0n) is 9.06. The van der Waals surface area contributed by atoms with E-state index in [2.05, 4.69) is 20.7 Å². The Hall–Kier alpha value is -1.40. The number of nitrogen functional groups attached to an aromatic ring is 1. The standard InChI is InChI=1S/C10H17N5O/c11-15-10-4-9(13-6-14-10)12-5-7-2-1-3-8(7)16/h4,6-8,16H,1-3,5,11H2,(H2,12,13,14,15). The van der Waals surface area contributed by atoms with Crippen LogP contribution in [-0.4, -0.2) is 27.7 Å². The van der Waals surface area contributed by atoms with Crippen molar-refractivity contribution in [3.63, 3.8) is 0 Å². The summed E-state index contributed by atoms with van der Waals surface area (Å²) >= 11 is 0. The highest BCUT2D eigenvalue weighted by Crippen LogP contribution is 2.25. The number of aliphatic hydroxyl groups excluding tert-OH is 1. The van der Waals surface area contributed by atoms with Crippen molar-refractivity contribution >= 4 is 11.6 Å². The molecular formula is C10H17N5O. The molecule has 0 saturated heterocycles. The number of aliphatic hydroxyl groups is 1. The lowest BCUT2D eigenvalue weighted by Gasteiger charge is -2.15. The van der Waals surface area contributed by atoms with Crippen LogP contribution >= 0.6 is 0 Å². The van der Waals surface area contributed by atoms with E-state index in [4.69, 9.17) is 5.84 Å². The van der Waals surface area contributed by atoms with Crippen LogP contribution in [0.25, 0.3) is 0 Å². The first kappa shape index (κ1) is 11.1. The van der Waals surface area contributed by atoms with Crippen LogP contribution in [0.3, 0.4) is 0 Å². The molecule has 16 heavy (non-hydrogen) atoms. The molecule has 1 aliphatic rings. The van der Waals surface area contributed by atoms with Crippen LogP contribution in [0.15, 0.2) is 12.4 Å². The average Bonchev–Trinajstić information content (AvgIpc) is 2.72. The van der Waals surface area contributed by atoms with Gasteiger partial charge in [0.2, 0.25) is 0 Å². The monoisotopic (exact) mass is 223 g/mol. The van der Waals surface area contributed by atoms with Crippen molar-refractivity contribution in [1.29, 1.82) is 0 Å². The third kappa shape index (κ3) is 2.59. The molecule has 1 aromatic rings. The number of nitrogens with one attached hydrogen (secondary N) is 2. The van der Waals surface area contributed by atoms with Gasteiger partial charge in [-0.2, -0.15) is 0 Å². The van der Waals surface area contributed by atoms with E-state index in [1.807, 2.05) is 0 Å². The van der Waals surface area contributed by atoms with Crippen molar-refractivity contribution < 1.29 is 5.11 Å². The number of nitrogens with two attached hydrogens (primary N) is 1. The van der Waals surface area contributed by atoms with Crippen molar-refractivity contribution in [2.45, 2.75) is 25.4 Å². The molecule has 6 heteroatoms. The molecular weight excluding hydrogens is 206 g/mol. The van der Waals surface area contributed by atoms with Gasteiger partial charge in [0.1, 0.15) is 18.0 Å². The maximum absolute atomic E-state index is 9.66. The highest BCUT2D eigenvalue weighted by atomic mass is 16.3. The van der Waals surface area contributed by atoms with Gasteiger partial charge in [-0.15, -0.1) is 0 Å². The number of hydrogen-bond acceptors (Lipinski definition) is 6. The highest BCUT2D eigenvalue weighted by molar-refractivity contribution is 5.45. The summed E-state index contributed by atoms with van der Waals surface area (Å²) in [6.45, 7) is 0.738. The van der Waals surface area contributed by atoms with Gasteiger partial charge in [-0.1, -0.05) is 6.42 Å². The molecule has 5 N–H and O–H groups in total. The molecule has 0 aliphatic heterocycles. The molecule has 2 atom stereocenters. The van der Waals surface area contributed by atoms with Gasteiger partial charge in [-0.25, -0.2) is 15.8 Å². The SMILES string of the molecule is NNc1cc(NCC2CCCC2O)ncn1. The first-order valence-electron chi connectivity index (χ1n) is 5.50. The summed E-state index contributed by atoms with van der Waals surface area (Å²) in [4.78, 5) is 7.99. The van der Waals surface area contributed by atoms with Crippen LogP contribution in [0, 0.1) is 5.92 Å². The van der Waals surface area contributed by atoms with Crippen LogP contribution in [-0.2, 0) is 0 Å². The predicted molar refractivity (Wildman–Crippen MR) is 61.7 cm³/mol. The molecule has 0 bridgehead atoms. The van der Waals surface area contributed by atoms with E-state index in [0.29, 0.717) is 11.7 Å². The first-order valence-corrected chi connectivity index (χ1v) is 5.50. The Labute approximate surface area is 94.3 Å². The molecule has 0 spiro atoms. The van der Waals surface area contributed by atoms with E-state index in [-0.39, 0.29) is 6.10 Å². The van der Waals surface area contributed by atoms with Crippen LogP contribution in [0.1, 0.15) is 19.3 Å².